The molecule has 0 bridgehead atoms. The van der Waals surface area contributed by atoms with Crippen molar-refractivity contribution in [2.45, 2.75) is 13.8 Å². The van der Waals surface area contributed by atoms with Gasteiger partial charge in [-0.15, -0.1) is 0 Å². The van der Waals surface area contributed by atoms with Crippen LogP contribution in [0.3, 0.4) is 0 Å². The summed E-state index contributed by atoms with van der Waals surface area (Å²) in [5.41, 5.74) is 2.54. The molecule has 0 aliphatic heterocycles. The second kappa shape index (κ2) is 5.93. The molecule has 0 spiro atoms. The summed E-state index contributed by atoms with van der Waals surface area (Å²) in [7, 11) is 0. The number of carbonyl (C=O) groups excluding carboxylic acids is 1. The molecule has 2 aromatic carbocycles. The van der Waals surface area contributed by atoms with Crippen molar-refractivity contribution in [2.75, 3.05) is 5.32 Å². The SMILES string of the molecule is Cc1cc(C)cc(NC(=O)c2cc([N+](=O)[O-])ccc2Cl)c1. The van der Waals surface area contributed by atoms with Gasteiger partial charge in [0.25, 0.3) is 11.6 Å². The highest BCUT2D eigenvalue weighted by Crippen LogP contribution is 2.23. The predicted octanol–water partition coefficient (Wildman–Crippen LogP) is 4.12. The summed E-state index contributed by atoms with van der Waals surface area (Å²) in [5.74, 6) is -0.478. The Bertz CT molecular complexity index is 709. The van der Waals surface area contributed by atoms with Gasteiger partial charge in [-0.3, -0.25) is 14.9 Å². The van der Waals surface area contributed by atoms with Crippen LogP contribution in [0.5, 0.6) is 0 Å². The minimum absolute atomic E-state index is 0.0741. The number of non-ortho nitro benzene ring substituents is 1. The number of rotatable bonds is 3. The number of carbonyl (C=O) groups is 1. The van der Waals surface area contributed by atoms with E-state index in [-0.39, 0.29) is 16.3 Å². The smallest absolute Gasteiger partial charge is 0.270 e. The van der Waals surface area contributed by atoms with Gasteiger partial charge in [0.1, 0.15) is 0 Å². The molecular formula is C15H13ClN2O3. The minimum atomic E-state index is -0.566. The van der Waals surface area contributed by atoms with Gasteiger partial charge in [-0.1, -0.05) is 17.7 Å². The topological polar surface area (TPSA) is 72.2 Å². The Kier molecular flexibility index (Phi) is 4.23. The Hall–Kier alpha value is -2.40. The van der Waals surface area contributed by atoms with Gasteiger partial charge in [0, 0.05) is 17.8 Å². The fourth-order valence-corrected chi connectivity index (χ4v) is 2.25. The van der Waals surface area contributed by atoms with Crippen molar-refractivity contribution in [3.63, 3.8) is 0 Å². The molecule has 2 rings (SSSR count). The van der Waals surface area contributed by atoms with Crippen LogP contribution in [0.2, 0.25) is 5.02 Å². The molecule has 0 saturated carbocycles. The highest BCUT2D eigenvalue weighted by molar-refractivity contribution is 6.34. The van der Waals surface area contributed by atoms with E-state index in [1.807, 2.05) is 32.0 Å². The number of hydrogen-bond donors (Lipinski definition) is 1. The Morgan fingerprint density at radius 1 is 1.14 bits per heavy atom. The standard InChI is InChI=1S/C15H13ClN2O3/c1-9-5-10(2)7-11(6-9)17-15(19)13-8-12(18(20)21)3-4-14(13)16/h3-8H,1-2H3,(H,17,19). The number of nitro benzene ring substituents is 1. The maximum absolute atomic E-state index is 12.2. The molecule has 0 aliphatic rings. The van der Waals surface area contributed by atoms with Crippen LogP contribution in [-0.4, -0.2) is 10.8 Å². The predicted molar refractivity (Wildman–Crippen MR) is 82.0 cm³/mol. The Labute approximate surface area is 126 Å². The van der Waals surface area contributed by atoms with Gasteiger partial charge in [0.15, 0.2) is 0 Å². The van der Waals surface area contributed by atoms with Crippen molar-refractivity contribution >= 4 is 28.9 Å². The summed E-state index contributed by atoms with van der Waals surface area (Å²) < 4.78 is 0. The first kappa shape index (κ1) is 15.0. The first-order valence-corrected chi connectivity index (χ1v) is 6.58. The maximum Gasteiger partial charge on any atom is 0.270 e. The third kappa shape index (κ3) is 3.58. The summed E-state index contributed by atoms with van der Waals surface area (Å²) in [5, 5.41) is 13.6. The first-order valence-electron chi connectivity index (χ1n) is 6.20. The molecule has 1 amide bonds. The third-order valence-electron chi connectivity index (χ3n) is 2.88. The Morgan fingerprint density at radius 3 is 2.33 bits per heavy atom. The molecular weight excluding hydrogens is 292 g/mol. The van der Waals surface area contributed by atoms with Crippen molar-refractivity contribution in [1.29, 1.82) is 0 Å². The molecule has 0 atom stereocenters. The van der Waals surface area contributed by atoms with E-state index in [0.717, 1.165) is 11.1 Å². The number of anilines is 1. The van der Waals surface area contributed by atoms with E-state index >= 15 is 0 Å². The van der Waals surface area contributed by atoms with Gasteiger partial charge in [0.05, 0.1) is 15.5 Å². The second-order valence-corrected chi connectivity index (χ2v) is 5.16. The molecule has 0 unspecified atom stereocenters. The number of nitrogens with one attached hydrogen (secondary N) is 1. The van der Waals surface area contributed by atoms with E-state index in [0.29, 0.717) is 5.69 Å². The van der Waals surface area contributed by atoms with E-state index < -0.39 is 10.8 Å². The number of hydrogen-bond acceptors (Lipinski definition) is 3. The Morgan fingerprint density at radius 2 is 1.76 bits per heavy atom. The zero-order valence-corrected chi connectivity index (χ0v) is 12.3. The largest absolute Gasteiger partial charge is 0.322 e. The summed E-state index contributed by atoms with van der Waals surface area (Å²) in [6.45, 7) is 3.84. The van der Waals surface area contributed by atoms with E-state index in [1.165, 1.54) is 18.2 Å². The fourth-order valence-electron chi connectivity index (χ4n) is 2.05. The number of halogens is 1. The van der Waals surface area contributed by atoms with Crippen molar-refractivity contribution in [3.05, 3.63) is 68.2 Å². The molecule has 0 radical (unpaired) electrons. The lowest BCUT2D eigenvalue weighted by Crippen LogP contribution is -2.13. The lowest BCUT2D eigenvalue weighted by molar-refractivity contribution is -0.384. The van der Waals surface area contributed by atoms with Crippen LogP contribution in [0.4, 0.5) is 11.4 Å². The number of amides is 1. The zero-order chi connectivity index (χ0) is 15.6. The molecule has 5 nitrogen and oxygen atoms in total. The number of nitrogens with zero attached hydrogens (tertiary/aromatic N) is 1. The molecule has 6 heteroatoms. The molecule has 2 aromatic rings. The average Bonchev–Trinajstić information content (AvgIpc) is 2.37. The minimum Gasteiger partial charge on any atom is -0.322 e. The summed E-state index contributed by atoms with van der Waals surface area (Å²) >= 11 is 5.94. The summed E-state index contributed by atoms with van der Waals surface area (Å²) in [6, 6.07) is 9.38. The maximum atomic E-state index is 12.2. The summed E-state index contributed by atoms with van der Waals surface area (Å²) in [4.78, 5) is 22.4. The lowest BCUT2D eigenvalue weighted by Gasteiger charge is -2.08. The molecule has 0 aromatic heterocycles. The first-order chi connectivity index (χ1) is 9.86. The van der Waals surface area contributed by atoms with Crippen LogP contribution in [0.15, 0.2) is 36.4 Å². The molecule has 0 fully saturated rings. The van der Waals surface area contributed by atoms with Crippen LogP contribution in [0, 0.1) is 24.0 Å². The highest BCUT2D eigenvalue weighted by Gasteiger charge is 2.16. The fraction of sp³-hybridized carbons (Fsp3) is 0.133. The van der Waals surface area contributed by atoms with Crippen molar-refractivity contribution < 1.29 is 9.72 Å². The van der Waals surface area contributed by atoms with Crippen molar-refractivity contribution in [1.82, 2.24) is 0 Å². The molecule has 0 heterocycles. The van der Waals surface area contributed by atoms with Gasteiger partial charge in [-0.05, 0) is 43.2 Å². The highest BCUT2D eigenvalue weighted by atomic mass is 35.5. The second-order valence-electron chi connectivity index (χ2n) is 4.75. The van der Waals surface area contributed by atoms with E-state index in [4.69, 9.17) is 11.6 Å². The van der Waals surface area contributed by atoms with Crippen LogP contribution in [0.1, 0.15) is 21.5 Å². The molecule has 21 heavy (non-hydrogen) atoms. The number of aryl methyl sites for hydroxylation is 2. The molecule has 0 aliphatic carbocycles. The van der Waals surface area contributed by atoms with E-state index in [9.17, 15) is 14.9 Å². The normalized spacial score (nSPS) is 10.2. The van der Waals surface area contributed by atoms with Gasteiger partial charge >= 0.3 is 0 Å². The van der Waals surface area contributed by atoms with Crippen LogP contribution < -0.4 is 5.32 Å². The van der Waals surface area contributed by atoms with Crippen LogP contribution in [-0.2, 0) is 0 Å². The van der Waals surface area contributed by atoms with Gasteiger partial charge < -0.3 is 5.32 Å². The molecule has 1 N–H and O–H groups in total. The van der Waals surface area contributed by atoms with Gasteiger partial charge in [-0.25, -0.2) is 0 Å². The Balaban J connectivity index is 2.31. The number of nitro groups is 1. The van der Waals surface area contributed by atoms with Crippen LogP contribution in [0.25, 0.3) is 0 Å². The molecule has 108 valence electrons. The van der Waals surface area contributed by atoms with E-state index in [1.54, 1.807) is 0 Å². The van der Waals surface area contributed by atoms with Crippen molar-refractivity contribution in [2.24, 2.45) is 0 Å². The quantitative estimate of drug-likeness (QED) is 0.685. The third-order valence-corrected chi connectivity index (χ3v) is 3.21. The number of benzene rings is 2. The monoisotopic (exact) mass is 304 g/mol. The summed E-state index contributed by atoms with van der Waals surface area (Å²) in [6.07, 6.45) is 0. The van der Waals surface area contributed by atoms with Crippen LogP contribution >= 0.6 is 11.6 Å². The van der Waals surface area contributed by atoms with Crippen molar-refractivity contribution in [3.8, 4) is 0 Å². The average molecular weight is 305 g/mol. The zero-order valence-electron chi connectivity index (χ0n) is 11.5. The molecule has 0 saturated heterocycles. The van der Waals surface area contributed by atoms with Gasteiger partial charge in [-0.2, -0.15) is 0 Å². The van der Waals surface area contributed by atoms with E-state index in [2.05, 4.69) is 5.32 Å². The van der Waals surface area contributed by atoms with Gasteiger partial charge in [0.2, 0.25) is 0 Å². The lowest BCUT2D eigenvalue weighted by atomic mass is 10.1.